The highest BCUT2D eigenvalue weighted by Crippen LogP contribution is 2.32. The summed E-state index contributed by atoms with van der Waals surface area (Å²) in [6.45, 7) is 0.669. The predicted octanol–water partition coefficient (Wildman–Crippen LogP) is 1.63. The maximum atomic E-state index is 11.3. The standard InChI is InChI=1S/C9H11Cl2N3O/c10-3-4-14(6-1-2-6)8-7(11)9(15)13-5-12-8/h5-6H,1-4H2,(H,12,13,15). The molecule has 1 aromatic rings. The normalized spacial score (nSPS) is 15.3. The fourth-order valence-corrected chi connectivity index (χ4v) is 1.91. The molecule has 0 unspecified atom stereocenters. The average Bonchev–Trinajstić information content (AvgIpc) is 3.03. The number of aromatic nitrogens is 2. The van der Waals surface area contributed by atoms with Gasteiger partial charge in [0.25, 0.3) is 5.56 Å². The van der Waals surface area contributed by atoms with Crippen molar-refractivity contribution in [2.75, 3.05) is 17.3 Å². The predicted molar refractivity (Wildman–Crippen MR) is 61.0 cm³/mol. The van der Waals surface area contributed by atoms with Crippen molar-refractivity contribution in [2.24, 2.45) is 0 Å². The minimum absolute atomic E-state index is 0.148. The van der Waals surface area contributed by atoms with Crippen LogP contribution in [0.4, 0.5) is 5.82 Å². The second-order valence-electron chi connectivity index (χ2n) is 3.48. The van der Waals surface area contributed by atoms with Gasteiger partial charge in [0, 0.05) is 18.5 Å². The highest BCUT2D eigenvalue weighted by molar-refractivity contribution is 6.32. The Balaban J connectivity index is 2.32. The number of hydrogen-bond donors (Lipinski definition) is 1. The summed E-state index contributed by atoms with van der Waals surface area (Å²) in [6.07, 6.45) is 3.59. The van der Waals surface area contributed by atoms with Crippen LogP contribution in [0.25, 0.3) is 0 Å². The molecule has 1 N–H and O–H groups in total. The first kappa shape index (κ1) is 10.8. The lowest BCUT2D eigenvalue weighted by Gasteiger charge is -2.22. The Hall–Kier alpha value is -0.740. The molecule has 4 nitrogen and oxygen atoms in total. The molecule has 1 aromatic heterocycles. The van der Waals surface area contributed by atoms with Crippen molar-refractivity contribution >= 4 is 29.0 Å². The lowest BCUT2D eigenvalue weighted by Crippen LogP contribution is -2.30. The maximum Gasteiger partial charge on any atom is 0.271 e. The van der Waals surface area contributed by atoms with Crippen LogP contribution in [0.15, 0.2) is 11.1 Å². The van der Waals surface area contributed by atoms with E-state index in [4.69, 9.17) is 23.2 Å². The van der Waals surface area contributed by atoms with Crippen molar-refractivity contribution in [1.29, 1.82) is 0 Å². The number of halogens is 2. The summed E-state index contributed by atoms with van der Waals surface area (Å²) in [5.41, 5.74) is -0.304. The van der Waals surface area contributed by atoms with E-state index in [9.17, 15) is 4.79 Å². The first-order valence-corrected chi connectivity index (χ1v) is 5.71. The summed E-state index contributed by atoms with van der Waals surface area (Å²) in [5.74, 6) is 1.05. The van der Waals surface area contributed by atoms with Crippen LogP contribution in [0, 0.1) is 0 Å². The van der Waals surface area contributed by atoms with Gasteiger partial charge in [-0.05, 0) is 12.8 Å². The van der Waals surface area contributed by atoms with Gasteiger partial charge < -0.3 is 9.88 Å². The van der Waals surface area contributed by atoms with Gasteiger partial charge in [0.2, 0.25) is 0 Å². The van der Waals surface area contributed by atoms with E-state index >= 15 is 0 Å². The van der Waals surface area contributed by atoms with Crippen molar-refractivity contribution in [2.45, 2.75) is 18.9 Å². The Morgan fingerprint density at radius 1 is 1.60 bits per heavy atom. The zero-order valence-electron chi connectivity index (χ0n) is 8.04. The Morgan fingerprint density at radius 2 is 2.33 bits per heavy atom. The van der Waals surface area contributed by atoms with Crippen LogP contribution < -0.4 is 10.5 Å². The van der Waals surface area contributed by atoms with Crippen molar-refractivity contribution in [3.05, 3.63) is 21.7 Å². The van der Waals surface area contributed by atoms with Gasteiger partial charge in [0.05, 0.1) is 6.33 Å². The molecule has 1 aliphatic carbocycles. The molecule has 1 saturated carbocycles. The molecule has 1 aliphatic rings. The molecule has 15 heavy (non-hydrogen) atoms. The first-order chi connectivity index (χ1) is 7.24. The van der Waals surface area contributed by atoms with Crippen LogP contribution in [0.2, 0.25) is 5.02 Å². The highest BCUT2D eigenvalue weighted by Gasteiger charge is 2.31. The smallest absolute Gasteiger partial charge is 0.271 e. The van der Waals surface area contributed by atoms with Gasteiger partial charge in [-0.1, -0.05) is 11.6 Å². The molecule has 0 saturated heterocycles. The third kappa shape index (κ3) is 2.26. The summed E-state index contributed by atoms with van der Waals surface area (Å²) in [6, 6.07) is 0.440. The minimum Gasteiger partial charge on any atom is -0.351 e. The van der Waals surface area contributed by atoms with E-state index in [-0.39, 0.29) is 10.6 Å². The SMILES string of the molecule is O=c1[nH]cnc(N(CCCl)C2CC2)c1Cl. The quantitative estimate of drug-likeness (QED) is 0.824. The summed E-state index contributed by atoms with van der Waals surface area (Å²) in [7, 11) is 0. The van der Waals surface area contributed by atoms with E-state index in [0.717, 1.165) is 12.8 Å². The Labute approximate surface area is 97.2 Å². The van der Waals surface area contributed by atoms with Crippen LogP contribution in [-0.2, 0) is 0 Å². The van der Waals surface area contributed by atoms with Gasteiger partial charge in [-0.3, -0.25) is 4.79 Å². The van der Waals surface area contributed by atoms with Crippen LogP contribution in [-0.4, -0.2) is 28.4 Å². The molecule has 0 aliphatic heterocycles. The van der Waals surface area contributed by atoms with Crippen molar-refractivity contribution in [3.63, 3.8) is 0 Å². The lowest BCUT2D eigenvalue weighted by molar-refractivity contribution is 0.806. The fraction of sp³-hybridized carbons (Fsp3) is 0.556. The first-order valence-electron chi connectivity index (χ1n) is 4.80. The second kappa shape index (κ2) is 4.41. The molecule has 0 amide bonds. The number of hydrogen-bond acceptors (Lipinski definition) is 3. The molecule has 1 fully saturated rings. The number of aromatic amines is 1. The van der Waals surface area contributed by atoms with Crippen molar-refractivity contribution in [1.82, 2.24) is 9.97 Å². The number of nitrogens with zero attached hydrogens (tertiary/aromatic N) is 2. The van der Waals surface area contributed by atoms with Crippen molar-refractivity contribution in [3.8, 4) is 0 Å². The van der Waals surface area contributed by atoms with Crippen molar-refractivity contribution < 1.29 is 0 Å². The van der Waals surface area contributed by atoms with E-state index in [1.807, 2.05) is 4.90 Å². The van der Waals surface area contributed by atoms with E-state index in [2.05, 4.69) is 9.97 Å². The Bertz CT molecular complexity index is 403. The average molecular weight is 248 g/mol. The number of alkyl halides is 1. The van der Waals surface area contributed by atoms with Gasteiger partial charge in [0.15, 0.2) is 5.82 Å². The molecule has 0 atom stereocenters. The van der Waals surface area contributed by atoms with Crippen LogP contribution in [0.3, 0.4) is 0 Å². The topological polar surface area (TPSA) is 49.0 Å². The summed E-state index contributed by atoms with van der Waals surface area (Å²) in [5, 5.41) is 0.148. The van der Waals surface area contributed by atoms with E-state index in [1.54, 1.807) is 0 Å². The number of anilines is 1. The largest absolute Gasteiger partial charge is 0.351 e. The van der Waals surface area contributed by atoms with Gasteiger partial charge in [0.1, 0.15) is 5.02 Å². The van der Waals surface area contributed by atoms with E-state index in [0.29, 0.717) is 24.3 Å². The molecule has 0 radical (unpaired) electrons. The lowest BCUT2D eigenvalue weighted by atomic mass is 10.4. The number of nitrogens with one attached hydrogen (secondary N) is 1. The summed E-state index contributed by atoms with van der Waals surface area (Å²) in [4.78, 5) is 19.8. The molecule has 1 heterocycles. The molecule has 82 valence electrons. The molecule has 0 bridgehead atoms. The minimum atomic E-state index is -0.304. The number of H-pyrrole nitrogens is 1. The van der Waals surface area contributed by atoms with Gasteiger partial charge >= 0.3 is 0 Å². The molecule has 0 aromatic carbocycles. The van der Waals surface area contributed by atoms with Gasteiger partial charge in [-0.2, -0.15) is 0 Å². The fourth-order valence-electron chi connectivity index (χ4n) is 1.51. The third-order valence-corrected chi connectivity index (χ3v) is 2.87. The summed E-state index contributed by atoms with van der Waals surface area (Å²) < 4.78 is 0. The van der Waals surface area contributed by atoms with Crippen LogP contribution in [0.1, 0.15) is 12.8 Å². The zero-order chi connectivity index (χ0) is 10.8. The number of rotatable bonds is 4. The molecule has 2 rings (SSSR count). The third-order valence-electron chi connectivity index (χ3n) is 2.36. The van der Waals surface area contributed by atoms with Crippen LogP contribution in [0.5, 0.6) is 0 Å². The second-order valence-corrected chi connectivity index (χ2v) is 4.24. The van der Waals surface area contributed by atoms with Gasteiger partial charge in [-0.15, -0.1) is 11.6 Å². The molecule has 6 heteroatoms. The van der Waals surface area contributed by atoms with E-state index < -0.39 is 0 Å². The van der Waals surface area contributed by atoms with Gasteiger partial charge in [-0.25, -0.2) is 4.98 Å². The Kier molecular flexibility index (Phi) is 3.17. The molecular weight excluding hydrogens is 237 g/mol. The summed E-state index contributed by atoms with van der Waals surface area (Å²) >= 11 is 11.6. The maximum absolute atomic E-state index is 11.3. The van der Waals surface area contributed by atoms with Crippen LogP contribution >= 0.6 is 23.2 Å². The van der Waals surface area contributed by atoms with E-state index in [1.165, 1.54) is 6.33 Å². The monoisotopic (exact) mass is 247 g/mol. The zero-order valence-corrected chi connectivity index (χ0v) is 9.55. The molecule has 0 spiro atoms. The molecular formula is C9H11Cl2N3O. The Morgan fingerprint density at radius 3 is 2.93 bits per heavy atom. The highest BCUT2D eigenvalue weighted by atomic mass is 35.5.